The first kappa shape index (κ1) is 27.8. The van der Waals surface area contributed by atoms with Crippen molar-refractivity contribution in [2.45, 2.75) is 50.3 Å². The van der Waals surface area contributed by atoms with Crippen LogP contribution in [0.2, 0.25) is 0 Å². The van der Waals surface area contributed by atoms with Gasteiger partial charge in [-0.25, -0.2) is 18.0 Å². The summed E-state index contributed by atoms with van der Waals surface area (Å²) in [7, 11) is -2.52. The van der Waals surface area contributed by atoms with E-state index in [-0.39, 0.29) is 36.0 Å². The SMILES string of the molecule is COC(=O)[C@@H](CCS(=O)(=O)c1ccccc1)NC(=O)[C@H](CC(C)C)NC(=O)OCc1ccccc1. The zero-order valence-electron chi connectivity index (χ0n) is 20.1. The third kappa shape index (κ3) is 9.40. The lowest BCUT2D eigenvalue weighted by molar-refractivity contribution is -0.145. The molecule has 9 nitrogen and oxygen atoms in total. The second-order valence-corrected chi connectivity index (χ2v) is 10.5. The number of sulfone groups is 1. The summed E-state index contributed by atoms with van der Waals surface area (Å²) in [5, 5.41) is 5.06. The number of carbonyl (C=O) groups is 3. The van der Waals surface area contributed by atoms with Crippen molar-refractivity contribution in [1.29, 1.82) is 0 Å². The van der Waals surface area contributed by atoms with Gasteiger partial charge in [-0.3, -0.25) is 4.79 Å². The molecule has 0 aliphatic rings. The first-order valence-corrected chi connectivity index (χ1v) is 12.9. The standard InChI is InChI=1S/C25H32N2O7S/c1-18(2)16-22(27-25(30)34-17-19-10-6-4-7-11-19)23(28)26-21(24(29)33-3)14-15-35(31,32)20-12-8-5-9-13-20/h4-13,18,21-22H,14-17H2,1-3H3,(H,26,28)(H,27,30)/t21-,22+/m1/s1. The maximum Gasteiger partial charge on any atom is 0.408 e. The van der Waals surface area contributed by atoms with E-state index in [0.717, 1.165) is 12.7 Å². The highest BCUT2D eigenvalue weighted by Gasteiger charge is 2.29. The molecule has 0 bridgehead atoms. The van der Waals surface area contributed by atoms with Crippen LogP contribution in [-0.2, 0) is 35.5 Å². The average Bonchev–Trinajstić information content (AvgIpc) is 2.85. The van der Waals surface area contributed by atoms with Crippen LogP contribution in [0.3, 0.4) is 0 Å². The number of esters is 1. The molecule has 0 fully saturated rings. The summed E-state index contributed by atoms with van der Waals surface area (Å²) in [5.74, 6) is -1.76. The van der Waals surface area contributed by atoms with Gasteiger partial charge in [-0.15, -0.1) is 0 Å². The molecule has 0 heterocycles. The van der Waals surface area contributed by atoms with E-state index >= 15 is 0 Å². The summed E-state index contributed by atoms with van der Waals surface area (Å²) in [6.45, 7) is 3.79. The van der Waals surface area contributed by atoms with Gasteiger partial charge in [0, 0.05) is 0 Å². The molecule has 2 aromatic rings. The van der Waals surface area contributed by atoms with Crippen LogP contribution in [0.5, 0.6) is 0 Å². The summed E-state index contributed by atoms with van der Waals surface area (Å²) in [5.41, 5.74) is 0.790. The molecule has 190 valence electrons. The first-order chi connectivity index (χ1) is 16.6. The summed E-state index contributed by atoms with van der Waals surface area (Å²) < 4.78 is 35.2. The molecule has 0 saturated heterocycles. The molecular weight excluding hydrogens is 472 g/mol. The molecule has 2 N–H and O–H groups in total. The number of rotatable bonds is 12. The molecule has 2 amide bonds. The van der Waals surface area contributed by atoms with Crippen molar-refractivity contribution in [2.24, 2.45) is 5.92 Å². The smallest absolute Gasteiger partial charge is 0.408 e. The zero-order valence-corrected chi connectivity index (χ0v) is 20.9. The average molecular weight is 505 g/mol. The van der Waals surface area contributed by atoms with Gasteiger partial charge in [-0.2, -0.15) is 0 Å². The minimum atomic E-state index is -3.67. The largest absolute Gasteiger partial charge is 0.467 e. The molecular formula is C25H32N2O7S. The van der Waals surface area contributed by atoms with E-state index in [9.17, 15) is 22.8 Å². The van der Waals surface area contributed by atoms with Crippen LogP contribution in [0, 0.1) is 5.92 Å². The molecule has 2 rings (SSSR count). The number of carbonyl (C=O) groups excluding carboxylic acids is 3. The molecule has 0 aromatic heterocycles. The normalized spacial score (nSPS) is 12.9. The maximum absolute atomic E-state index is 13.0. The van der Waals surface area contributed by atoms with E-state index in [1.165, 1.54) is 12.1 Å². The van der Waals surface area contributed by atoms with Crippen molar-refractivity contribution in [3.63, 3.8) is 0 Å². The monoisotopic (exact) mass is 504 g/mol. The molecule has 0 aliphatic carbocycles. The quantitative estimate of drug-likeness (QED) is 0.425. The number of ether oxygens (including phenoxy) is 2. The molecule has 0 spiro atoms. The molecule has 2 aromatic carbocycles. The van der Waals surface area contributed by atoms with Crippen LogP contribution in [0.1, 0.15) is 32.3 Å². The number of amides is 2. The molecule has 0 radical (unpaired) electrons. The van der Waals surface area contributed by atoms with Gasteiger partial charge in [-0.05, 0) is 36.5 Å². The lowest BCUT2D eigenvalue weighted by Gasteiger charge is -2.23. The number of hydrogen-bond acceptors (Lipinski definition) is 7. The Labute approximate surface area is 206 Å². The van der Waals surface area contributed by atoms with Crippen molar-refractivity contribution < 1.29 is 32.3 Å². The Hall–Kier alpha value is -3.40. The Morgan fingerprint density at radius 1 is 0.886 bits per heavy atom. The Balaban J connectivity index is 2.04. The third-order valence-corrected chi connectivity index (χ3v) is 6.87. The summed E-state index contributed by atoms with van der Waals surface area (Å²) in [6.07, 6.45) is -0.693. The van der Waals surface area contributed by atoms with Crippen molar-refractivity contribution >= 4 is 27.8 Å². The van der Waals surface area contributed by atoms with Gasteiger partial charge in [0.25, 0.3) is 0 Å². The molecule has 0 unspecified atom stereocenters. The van der Waals surface area contributed by atoms with Crippen molar-refractivity contribution in [3.05, 3.63) is 66.2 Å². The van der Waals surface area contributed by atoms with E-state index in [1.807, 2.05) is 32.0 Å². The maximum atomic E-state index is 13.0. The fourth-order valence-electron chi connectivity index (χ4n) is 3.29. The van der Waals surface area contributed by atoms with Crippen LogP contribution in [-0.4, -0.2) is 51.3 Å². The van der Waals surface area contributed by atoms with E-state index in [4.69, 9.17) is 9.47 Å². The van der Waals surface area contributed by atoms with E-state index in [2.05, 4.69) is 10.6 Å². The highest BCUT2D eigenvalue weighted by Crippen LogP contribution is 2.13. The van der Waals surface area contributed by atoms with Gasteiger partial charge >= 0.3 is 12.1 Å². The number of nitrogens with one attached hydrogen (secondary N) is 2. The minimum Gasteiger partial charge on any atom is -0.467 e. The van der Waals surface area contributed by atoms with Crippen LogP contribution in [0.15, 0.2) is 65.6 Å². The fourth-order valence-corrected chi connectivity index (χ4v) is 4.65. The van der Waals surface area contributed by atoms with Gasteiger partial charge in [-0.1, -0.05) is 62.4 Å². The van der Waals surface area contributed by atoms with Gasteiger partial charge < -0.3 is 20.1 Å². The zero-order chi connectivity index (χ0) is 25.8. The van der Waals surface area contributed by atoms with E-state index in [0.29, 0.717) is 0 Å². The Bertz CT molecular complexity index is 1070. The van der Waals surface area contributed by atoms with Gasteiger partial charge in [0.2, 0.25) is 5.91 Å². The van der Waals surface area contributed by atoms with Crippen LogP contribution >= 0.6 is 0 Å². The van der Waals surface area contributed by atoms with Crippen molar-refractivity contribution in [2.75, 3.05) is 12.9 Å². The summed E-state index contributed by atoms with van der Waals surface area (Å²) in [6, 6.07) is 14.7. The molecule has 2 atom stereocenters. The van der Waals surface area contributed by atoms with E-state index in [1.54, 1.807) is 30.3 Å². The van der Waals surface area contributed by atoms with E-state index < -0.39 is 39.9 Å². The molecule has 0 saturated carbocycles. The second kappa shape index (κ2) is 13.5. The highest BCUT2D eigenvalue weighted by molar-refractivity contribution is 7.91. The minimum absolute atomic E-state index is 0.0326. The fraction of sp³-hybridized carbons (Fsp3) is 0.400. The predicted octanol–water partition coefficient (Wildman–Crippen LogP) is 2.85. The highest BCUT2D eigenvalue weighted by atomic mass is 32.2. The van der Waals surface area contributed by atoms with Gasteiger partial charge in [0.1, 0.15) is 18.7 Å². The first-order valence-electron chi connectivity index (χ1n) is 11.3. The van der Waals surface area contributed by atoms with Crippen LogP contribution < -0.4 is 10.6 Å². The Morgan fingerprint density at radius 3 is 2.06 bits per heavy atom. The molecule has 0 aliphatic heterocycles. The van der Waals surface area contributed by atoms with Gasteiger partial charge in [0.05, 0.1) is 17.8 Å². The summed E-state index contributed by atoms with van der Waals surface area (Å²) in [4.78, 5) is 37.7. The predicted molar refractivity (Wildman–Crippen MR) is 130 cm³/mol. The number of alkyl carbamates (subject to hydrolysis) is 1. The van der Waals surface area contributed by atoms with Crippen LogP contribution in [0.25, 0.3) is 0 Å². The second-order valence-electron chi connectivity index (χ2n) is 8.39. The molecule has 10 heteroatoms. The lowest BCUT2D eigenvalue weighted by Crippen LogP contribution is -2.52. The Morgan fingerprint density at radius 2 is 1.49 bits per heavy atom. The van der Waals surface area contributed by atoms with Crippen molar-refractivity contribution in [1.82, 2.24) is 10.6 Å². The Kier molecular flexibility index (Phi) is 10.7. The molecule has 35 heavy (non-hydrogen) atoms. The lowest BCUT2D eigenvalue weighted by atomic mass is 10.0. The van der Waals surface area contributed by atoms with Crippen molar-refractivity contribution in [3.8, 4) is 0 Å². The summed E-state index contributed by atoms with van der Waals surface area (Å²) >= 11 is 0. The topological polar surface area (TPSA) is 128 Å². The number of methoxy groups -OCH3 is 1. The number of benzene rings is 2. The van der Waals surface area contributed by atoms with Crippen LogP contribution in [0.4, 0.5) is 4.79 Å². The number of hydrogen-bond donors (Lipinski definition) is 2. The van der Waals surface area contributed by atoms with Gasteiger partial charge in [0.15, 0.2) is 9.84 Å². The third-order valence-electron chi connectivity index (χ3n) is 5.11.